The zero-order valence-corrected chi connectivity index (χ0v) is 32.6. The van der Waals surface area contributed by atoms with Gasteiger partial charge < -0.3 is 30.6 Å². The lowest BCUT2D eigenvalue weighted by atomic mass is 10.1. The molecule has 0 aliphatic rings. The lowest BCUT2D eigenvalue weighted by Gasteiger charge is -2.01. The SMILES string of the molecule is CC(C)CCCCC(=O)O.CCCCCC(=O)O.CCCCCCCC(=O)O.CCCCCCCCCC(=O)O.O=C(O)c1ccccc1C(=O)O. The number of hydrogen-bond donors (Lipinski definition) is 6. The van der Waals surface area contributed by atoms with E-state index in [4.69, 9.17) is 30.6 Å². The molecule has 0 fully saturated rings. The zero-order valence-electron chi connectivity index (χ0n) is 32.6. The highest BCUT2D eigenvalue weighted by molar-refractivity contribution is 6.01. The van der Waals surface area contributed by atoms with Crippen LogP contribution in [0.2, 0.25) is 0 Å². The number of aliphatic carboxylic acids is 4. The van der Waals surface area contributed by atoms with Crippen LogP contribution in [0.25, 0.3) is 0 Å². The summed E-state index contributed by atoms with van der Waals surface area (Å²) in [6.07, 6.45) is 21.1. The van der Waals surface area contributed by atoms with E-state index in [2.05, 4.69) is 34.6 Å². The standard InChI is InChI=1S/C10H20O2.C8H6O4.2C8H16O2.C6H12O2/c1-2-3-4-5-6-7-8-9-10(11)12;9-7(10)5-3-1-2-4-6(5)8(11)12;1-7(2)5-3-4-6-8(9)10;1-2-3-4-5-6-7-8(9)10;1-2-3-4-5-6(7)8/h2-9H2,1H3,(H,11,12);1-4H,(H,9,10)(H,11,12);7H,3-6H2,1-2H3,(H,9,10);2-7H2,1H3,(H,9,10);2-5H2,1H3,(H,7,8). The van der Waals surface area contributed by atoms with E-state index < -0.39 is 35.8 Å². The Morgan fingerprint density at radius 3 is 0.942 bits per heavy atom. The molecule has 0 bridgehead atoms. The quantitative estimate of drug-likeness (QED) is 0.0515. The van der Waals surface area contributed by atoms with Crippen molar-refractivity contribution in [2.24, 2.45) is 5.92 Å². The first kappa shape index (κ1) is 54.8. The molecule has 52 heavy (non-hydrogen) atoms. The van der Waals surface area contributed by atoms with E-state index in [0.29, 0.717) is 31.6 Å². The topological polar surface area (TPSA) is 224 Å². The molecule has 6 N–H and O–H groups in total. The van der Waals surface area contributed by atoms with Gasteiger partial charge in [-0.1, -0.05) is 137 Å². The predicted octanol–water partition coefficient (Wildman–Crippen LogP) is 10.7. The second-order valence-corrected chi connectivity index (χ2v) is 12.9. The Hall–Kier alpha value is -3.96. The molecule has 0 saturated carbocycles. The number of carbonyl (C=O) groups is 6. The molecule has 0 unspecified atom stereocenters. The summed E-state index contributed by atoms with van der Waals surface area (Å²) in [5, 5.41) is 50.1. The molecule has 0 amide bonds. The minimum Gasteiger partial charge on any atom is -0.481 e. The van der Waals surface area contributed by atoms with E-state index in [1.807, 2.05) is 0 Å². The van der Waals surface area contributed by atoms with E-state index in [9.17, 15) is 28.8 Å². The largest absolute Gasteiger partial charge is 0.481 e. The second-order valence-electron chi connectivity index (χ2n) is 12.9. The average Bonchev–Trinajstić information content (AvgIpc) is 3.07. The first-order valence-electron chi connectivity index (χ1n) is 19.0. The van der Waals surface area contributed by atoms with Gasteiger partial charge in [-0.2, -0.15) is 0 Å². The maximum absolute atomic E-state index is 10.5. The maximum Gasteiger partial charge on any atom is 0.336 e. The number of unbranched alkanes of at least 4 members (excludes halogenated alkanes) is 13. The summed E-state index contributed by atoms with van der Waals surface area (Å²) in [6, 6.07) is 5.48. The third-order valence-electron chi connectivity index (χ3n) is 7.29. The monoisotopic (exact) mass is 742 g/mol. The van der Waals surface area contributed by atoms with E-state index in [1.165, 1.54) is 75.6 Å². The second kappa shape index (κ2) is 41.5. The molecule has 1 aromatic carbocycles. The predicted molar refractivity (Wildman–Crippen MR) is 204 cm³/mol. The number of carboxylic acids is 6. The summed E-state index contributed by atoms with van der Waals surface area (Å²) in [6.45, 7) is 10.7. The Morgan fingerprint density at radius 2 is 0.673 bits per heavy atom. The molecule has 0 aliphatic carbocycles. The Bertz CT molecular complexity index is 1020. The molecule has 0 heterocycles. The van der Waals surface area contributed by atoms with Gasteiger partial charge in [-0.15, -0.1) is 0 Å². The Balaban J connectivity index is -0.000000279. The summed E-state index contributed by atoms with van der Waals surface area (Å²) >= 11 is 0. The van der Waals surface area contributed by atoms with Gasteiger partial charge in [0.25, 0.3) is 0 Å². The molecule has 0 saturated heterocycles. The fourth-order valence-corrected chi connectivity index (χ4v) is 4.32. The van der Waals surface area contributed by atoms with Crippen LogP contribution in [0.15, 0.2) is 24.3 Å². The fraction of sp³-hybridized carbons (Fsp3) is 0.700. The molecular weight excluding hydrogens is 672 g/mol. The maximum atomic E-state index is 10.5. The first-order chi connectivity index (χ1) is 24.6. The summed E-state index contributed by atoms with van der Waals surface area (Å²) in [4.78, 5) is 61.0. The number of rotatable bonds is 25. The highest BCUT2D eigenvalue weighted by atomic mass is 16.4. The zero-order chi connectivity index (χ0) is 40.6. The molecule has 0 aliphatic heterocycles. The van der Waals surface area contributed by atoms with Crippen molar-refractivity contribution in [2.45, 2.75) is 176 Å². The van der Waals surface area contributed by atoms with E-state index >= 15 is 0 Å². The number of carboxylic acid groups (broad SMARTS) is 6. The number of hydrogen-bond acceptors (Lipinski definition) is 6. The minimum atomic E-state index is -1.23. The molecule has 12 nitrogen and oxygen atoms in total. The molecule has 0 radical (unpaired) electrons. The van der Waals surface area contributed by atoms with Crippen molar-refractivity contribution in [3.05, 3.63) is 35.4 Å². The molecule has 0 aromatic heterocycles. The van der Waals surface area contributed by atoms with Crippen LogP contribution in [0.3, 0.4) is 0 Å². The van der Waals surface area contributed by atoms with Gasteiger partial charge in [0.1, 0.15) is 0 Å². The summed E-state index contributed by atoms with van der Waals surface area (Å²) in [5.74, 6) is -4.45. The third kappa shape index (κ3) is 50.4. The highest BCUT2D eigenvalue weighted by Gasteiger charge is 2.13. The highest BCUT2D eigenvalue weighted by Crippen LogP contribution is 2.10. The Morgan fingerprint density at radius 1 is 0.423 bits per heavy atom. The lowest BCUT2D eigenvalue weighted by Crippen LogP contribution is -2.06. The van der Waals surface area contributed by atoms with Crippen molar-refractivity contribution in [3.63, 3.8) is 0 Å². The van der Waals surface area contributed by atoms with Crippen LogP contribution in [-0.2, 0) is 19.2 Å². The molecule has 0 spiro atoms. The Labute approximate surface area is 312 Å². The van der Waals surface area contributed by atoms with Crippen molar-refractivity contribution in [3.8, 4) is 0 Å². The summed E-state index contributed by atoms with van der Waals surface area (Å²) < 4.78 is 0. The van der Waals surface area contributed by atoms with Crippen LogP contribution in [-0.4, -0.2) is 66.5 Å². The molecular formula is C40H70O12. The average molecular weight is 743 g/mol. The van der Waals surface area contributed by atoms with Crippen molar-refractivity contribution < 1.29 is 59.4 Å². The van der Waals surface area contributed by atoms with Crippen molar-refractivity contribution in [2.75, 3.05) is 0 Å². The smallest absolute Gasteiger partial charge is 0.336 e. The van der Waals surface area contributed by atoms with E-state index in [-0.39, 0.29) is 11.1 Å². The molecule has 1 aromatic rings. The van der Waals surface area contributed by atoms with Crippen LogP contribution >= 0.6 is 0 Å². The summed E-state index contributed by atoms with van der Waals surface area (Å²) in [7, 11) is 0. The minimum absolute atomic E-state index is 0.190. The molecule has 302 valence electrons. The third-order valence-corrected chi connectivity index (χ3v) is 7.29. The first-order valence-corrected chi connectivity index (χ1v) is 19.0. The van der Waals surface area contributed by atoms with Gasteiger partial charge in [0.15, 0.2) is 0 Å². The molecule has 12 heteroatoms. The van der Waals surface area contributed by atoms with Crippen LogP contribution in [0.5, 0.6) is 0 Å². The molecule has 1 rings (SSSR count). The number of benzene rings is 1. The van der Waals surface area contributed by atoms with Crippen molar-refractivity contribution in [1.29, 1.82) is 0 Å². The van der Waals surface area contributed by atoms with Crippen LogP contribution in [0, 0.1) is 5.92 Å². The molecule has 0 atom stereocenters. The van der Waals surface area contributed by atoms with Crippen LogP contribution in [0.1, 0.15) is 197 Å². The van der Waals surface area contributed by atoms with Gasteiger partial charge >= 0.3 is 35.8 Å². The van der Waals surface area contributed by atoms with Gasteiger partial charge in [0, 0.05) is 25.7 Å². The van der Waals surface area contributed by atoms with Gasteiger partial charge in [-0.05, 0) is 43.7 Å². The summed E-state index contributed by atoms with van der Waals surface area (Å²) in [5.41, 5.74) is -0.380. The lowest BCUT2D eigenvalue weighted by molar-refractivity contribution is -0.138. The van der Waals surface area contributed by atoms with Gasteiger partial charge in [-0.25, -0.2) is 9.59 Å². The fourth-order valence-electron chi connectivity index (χ4n) is 4.32. The van der Waals surface area contributed by atoms with E-state index in [1.54, 1.807) is 0 Å². The number of aromatic carboxylic acids is 2. The van der Waals surface area contributed by atoms with Crippen LogP contribution in [0.4, 0.5) is 0 Å². The van der Waals surface area contributed by atoms with Crippen molar-refractivity contribution >= 4 is 35.8 Å². The van der Waals surface area contributed by atoms with Gasteiger partial charge in [0.2, 0.25) is 0 Å². The Kier molecular flexibility index (Phi) is 43.7. The van der Waals surface area contributed by atoms with Gasteiger partial charge in [0.05, 0.1) is 11.1 Å². The normalized spacial score (nSPS) is 9.73. The van der Waals surface area contributed by atoms with Crippen molar-refractivity contribution in [1.82, 2.24) is 0 Å². The van der Waals surface area contributed by atoms with E-state index in [0.717, 1.165) is 64.2 Å². The van der Waals surface area contributed by atoms with Crippen LogP contribution < -0.4 is 0 Å². The van der Waals surface area contributed by atoms with Gasteiger partial charge in [-0.3, -0.25) is 19.2 Å².